The van der Waals surface area contributed by atoms with Crippen molar-refractivity contribution >= 4 is 27.0 Å². The van der Waals surface area contributed by atoms with Crippen LogP contribution >= 0.6 is 15.9 Å². The maximum Gasteiger partial charge on any atom is 0.435 e. The predicted molar refractivity (Wildman–Crippen MR) is 122 cm³/mol. The van der Waals surface area contributed by atoms with Gasteiger partial charge in [0, 0.05) is 11.6 Å². The minimum absolute atomic E-state index is 0.0380. The Morgan fingerprint density at radius 1 is 1.14 bits per heavy atom. The molecule has 1 saturated heterocycles. The van der Waals surface area contributed by atoms with Crippen LogP contribution in [-0.2, 0) is 28.7 Å². The first-order valence-corrected chi connectivity index (χ1v) is 12.0. The normalized spacial score (nSPS) is 16.3. The van der Waals surface area contributed by atoms with Gasteiger partial charge < -0.3 is 14.2 Å². The standard InChI is InChI=1S/C23H17BrF5N5O3/c24-14-5-15-16(6-18(14)37-11-7-36-8-11)33(10-30-15)19-2-1-13(21(25)26)22(31-19)34-17-9-35-4-3-12(17)20(32-34)23(27,28)29/h1-2,5-6,10-11,21H,3-4,7-9H2. The second-order valence-electron chi connectivity index (χ2n) is 8.53. The summed E-state index contributed by atoms with van der Waals surface area (Å²) in [4.78, 5) is 8.70. The fraction of sp³-hybridized carbons (Fsp3) is 0.348. The van der Waals surface area contributed by atoms with E-state index in [-0.39, 0.29) is 42.8 Å². The van der Waals surface area contributed by atoms with Crippen LogP contribution in [0.3, 0.4) is 0 Å². The first-order valence-electron chi connectivity index (χ1n) is 11.2. The number of rotatable bonds is 5. The number of alkyl halides is 5. The maximum absolute atomic E-state index is 14.0. The molecule has 2 aliphatic heterocycles. The summed E-state index contributed by atoms with van der Waals surface area (Å²) in [5.41, 5.74) is -0.598. The van der Waals surface area contributed by atoms with Crippen LogP contribution in [0.5, 0.6) is 5.75 Å². The van der Waals surface area contributed by atoms with Gasteiger partial charge in [-0.15, -0.1) is 0 Å². The van der Waals surface area contributed by atoms with E-state index < -0.39 is 29.7 Å². The Labute approximate surface area is 214 Å². The summed E-state index contributed by atoms with van der Waals surface area (Å²) in [7, 11) is 0. The quantitative estimate of drug-likeness (QED) is 0.301. The van der Waals surface area contributed by atoms with E-state index in [4.69, 9.17) is 14.2 Å². The molecule has 8 nitrogen and oxygen atoms in total. The second kappa shape index (κ2) is 9.03. The second-order valence-corrected chi connectivity index (χ2v) is 9.39. The molecular weight excluding hydrogens is 569 g/mol. The average molecular weight is 586 g/mol. The molecule has 1 aromatic carbocycles. The Hall–Kier alpha value is -3.10. The Morgan fingerprint density at radius 2 is 1.95 bits per heavy atom. The van der Waals surface area contributed by atoms with E-state index in [1.807, 2.05) is 0 Å². The summed E-state index contributed by atoms with van der Waals surface area (Å²) in [6.45, 7) is 0.786. The Morgan fingerprint density at radius 3 is 2.65 bits per heavy atom. The van der Waals surface area contributed by atoms with Gasteiger partial charge in [0.25, 0.3) is 6.43 Å². The summed E-state index contributed by atoms with van der Waals surface area (Å²) in [5, 5.41) is 3.69. The number of ether oxygens (including phenoxy) is 3. The third-order valence-electron chi connectivity index (χ3n) is 6.17. The van der Waals surface area contributed by atoms with Crippen molar-refractivity contribution in [2.45, 2.75) is 31.7 Å². The molecule has 3 aromatic heterocycles. The van der Waals surface area contributed by atoms with Crippen molar-refractivity contribution in [2.24, 2.45) is 0 Å². The highest BCUT2D eigenvalue weighted by molar-refractivity contribution is 9.10. The van der Waals surface area contributed by atoms with Gasteiger partial charge >= 0.3 is 6.18 Å². The maximum atomic E-state index is 14.0. The Bertz CT molecular complexity index is 1500. The lowest BCUT2D eigenvalue weighted by Gasteiger charge is -2.27. The molecule has 37 heavy (non-hydrogen) atoms. The highest BCUT2D eigenvalue weighted by atomic mass is 79.9. The molecule has 6 rings (SSSR count). The van der Waals surface area contributed by atoms with Crippen LogP contribution in [0, 0.1) is 0 Å². The van der Waals surface area contributed by atoms with E-state index in [9.17, 15) is 22.0 Å². The molecule has 194 valence electrons. The fourth-order valence-electron chi connectivity index (χ4n) is 4.31. The van der Waals surface area contributed by atoms with Gasteiger partial charge in [-0.05, 0) is 40.5 Å². The van der Waals surface area contributed by atoms with Crippen LogP contribution in [0.2, 0.25) is 0 Å². The fourth-order valence-corrected chi connectivity index (χ4v) is 4.74. The molecule has 4 aromatic rings. The van der Waals surface area contributed by atoms with Gasteiger partial charge in [0.05, 0.1) is 53.2 Å². The molecule has 0 radical (unpaired) electrons. The lowest BCUT2D eigenvalue weighted by atomic mass is 10.1. The van der Waals surface area contributed by atoms with E-state index in [1.54, 1.807) is 16.7 Å². The molecule has 0 spiro atoms. The molecule has 0 unspecified atom stereocenters. The van der Waals surface area contributed by atoms with Crippen LogP contribution in [0.25, 0.3) is 22.7 Å². The summed E-state index contributed by atoms with van der Waals surface area (Å²) in [6.07, 6.45) is -6.45. The van der Waals surface area contributed by atoms with Crippen LogP contribution in [0.1, 0.15) is 28.9 Å². The van der Waals surface area contributed by atoms with Crippen LogP contribution < -0.4 is 4.74 Å². The number of aromatic nitrogens is 5. The molecule has 14 heteroatoms. The third-order valence-corrected chi connectivity index (χ3v) is 6.79. The monoisotopic (exact) mass is 585 g/mol. The van der Waals surface area contributed by atoms with Crippen molar-refractivity contribution in [1.82, 2.24) is 24.3 Å². The highest BCUT2D eigenvalue weighted by Gasteiger charge is 2.40. The molecule has 0 amide bonds. The Kier molecular flexibility index (Phi) is 5.92. The number of pyridine rings is 1. The van der Waals surface area contributed by atoms with Crippen molar-refractivity contribution in [3.8, 4) is 17.4 Å². The topological polar surface area (TPSA) is 76.2 Å². The minimum atomic E-state index is -4.76. The molecule has 0 bridgehead atoms. The predicted octanol–water partition coefficient (Wildman–Crippen LogP) is 5.18. The third kappa shape index (κ3) is 4.26. The first-order chi connectivity index (χ1) is 17.7. The minimum Gasteiger partial charge on any atom is -0.484 e. The van der Waals surface area contributed by atoms with Gasteiger partial charge in [0.1, 0.15) is 24.0 Å². The van der Waals surface area contributed by atoms with Gasteiger partial charge in [-0.3, -0.25) is 4.57 Å². The van der Waals surface area contributed by atoms with Gasteiger partial charge in [-0.25, -0.2) is 23.4 Å². The molecule has 2 aliphatic rings. The number of halogens is 6. The van der Waals surface area contributed by atoms with E-state index in [1.165, 1.54) is 12.4 Å². The molecule has 0 N–H and O–H groups in total. The molecular formula is C23H17BrF5N5O3. The number of benzene rings is 1. The molecule has 0 saturated carbocycles. The average Bonchev–Trinajstić information content (AvgIpc) is 3.42. The summed E-state index contributed by atoms with van der Waals surface area (Å²) in [5.74, 6) is 0.281. The number of hydrogen-bond acceptors (Lipinski definition) is 6. The number of fused-ring (bicyclic) bond motifs is 2. The molecule has 1 fully saturated rings. The lowest BCUT2D eigenvalue weighted by molar-refractivity contribution is -0.142. The molecule has 0 aliphatic carbocycles. The number of imidazole rings is 1. The van der Waals surface area contributed by atoms with Gasteiger partial charge in [0.15, 0.2) is 11.5 Å². The van der Waals surface area contributed by atoms with Crippen molar-refractivity contribution in [3.05, 3.63) is 57.6 Å². The van der Waals surface area contributed by atoms with Crippen LogP contribution in [0.15, 0.2) is 35.1 Å². The largest absolute Gasteiger partial charge is 0.484 e. The zero-order valence-electron chi connectivity index (χ0n) is 18.8. The molecule has 5 heterocycles. The van der Waals surface area contributed by atoms with E-state index in [0.717, 1.165) is 10.7 Å². The van der Waals surface area contributed by atoms with Gasteiger partial charge in [-0.2, -0.15) is 18.3 Å². The number of hydrogen-bond donors (Lipinski definition) is 0. The Balaban J connectivity index is 1.50. The lowest BCUT2D eigenvalue weighted by Crippen LogP contribution is -2.38. The smallest absolute Gasteiger partial charge is 0.435 e. The van der Waals surface area contributed by atoms with E-state index in [2.05, 4.69) is 31.0 Å². The summed E-state index contributed by atoms with van der Waals surface area (Å²) in [6, 6.07) is 5.94. The van der Waals surface area contributed by atoms with Gasteiger partial charge in [-0.1, -0.05) is 0 Å². The zero-order valence-corrected chi connectivity index (χ0v) is 20.4. The van der Waals surface area contributed by atoms with E-state index in [0.29, 0.717) is 34.5 Å². The van der Waals surface area contributed by atoms with Crippen LogP contribution in [-0.4, -0.2) is 50.2 Å². The van der Waals surface area contributed by atoms with Crippen molar-refractivity contribution < 1.29 is 36.2 Å². The summed E-state index contributed by atoms with van der Waals surface area (Å²) >= 11 is 3.46. The van der Waals surface area contributed by atoms with E-state index >= 15 is 0 Å². The van der Waals surface area contributed by atoms with Crippen molar-refractivity contribution in [1.29, 1.82) is 0 Å². The first kappa shape index (κ1) is 24.2. The number of nitrogens with zero attached hydrogens (tertiary/aromatic N) is 5. The zero-order chi connectivity index (χ0) is 25.9. The SMILES string of the molecule is FC(F)c1ccc(-n2cnc3cc(Br)c(OC4COC4)cc32)nc1-n1nc(C(F)(F)F)c2c1COCC2. The van der Waals surface area contributed by atoms with Crippen LogP contribution in [0.4, 0.5) is 22.0 Å². The highest BCUT2D eigenvalue weighted by Crippen LogP contribution is 2.37. The summed E-state index contributed by atoms with van der Waals surface area (Å²) < 4.78 is 88.5. The van der Waals surface area contributed by atoms with Gasteiger partial charge in [0.2, 0.25) is 0 Å². The van der Waals surface area contributed by atoms with Crippen molar-refractivity contribution in [2.75, 3.05) is 19.8 Å². The molecule has 0 atom stereocenters. The van der Waals surface area contributed by atoms with Crippen molar-refractivity contribution in [3.63, 3.8) is 0 Å².